The van der Waals surface area contributed by atoms with E-state index in [2.05, 4.69) is 0 Å². The van der Waals surface area contributed by atoms with Crippen molar-refractivity contribution >= 4 is 11.6 Å². The number of benzene rings is 1. The van der Waals surface area contributed by atoms with Gasteiger partial charge in [0.15, 0.2) is 0 Å². The highest BCUT2D eigenvalue weighted by Gasteiger charge is 2.26. The van der Waals surface area contributed by atoms with Crippen LogP contribution in [0.4, 0.5) is 5.69 Å². The minimum Gasteiger partial charge on any atom is -0.398 e. The summed E-state index contributed by atoms with van der Waals surface area (Å²) in [5.41, 5.74) is 7.01. The third kappa shape index (κ3) is 2.35. The molecule has 0 aromatic heterocycles. The second-order valence-electron chi connectivity index (χ2n) is 4.37. The first-order valence-electron chi connectivity index (χ1n) is 5.86. The molecule has 16 heavy (non-hydrogen) atoms. The predicted molar refractivity (Wildman–Crippen MR) is 65.2 cm³/mol. The zero-order valence-electron chi connectivity index (χ0n) is 9.65. The van der Waals surface area contributed by atoms with Crippen LogP contribution in [0.1, 0.15) is 30.1 Å². The zero-order valence-corrected chi connectivity index (χ0v) is 9.65. The minimum atomic E-state index is 0.0625. The van der Waals surface area contributed by atoms with Crippen LogP contribution in [0.3, 0.4) is 0 Å². The van der Waals surface area contributed by atoms with Gasteiger partial charge in [-0.15, -0.1) is 0 Å². The summed E-state index contributed by atoms with van der Waals surface area (Å²) in [5, 5.41) is 0. The van der Waals surface area contributed by atoms with E-state index in [1.54, 1.807) is 12.1 Å². The van der Waals surface area contributed by atoms with Crippen molar-refractivity contribution in [2.75, 3.05) is 18.8 Å². The van der Waals surface area contributed by atoms with Crippen LogP contribution in [0, 0.1) is 5.92 Å². The molecule has 2 N–H and O–H groups in total. The molecule has 2 rings (SSSR count). The lowest BCUT2D eigenvalue weighted by Gasteiger charge is -2.21. The molecular formula is C13H18N2O. The van der Waals surface area contributed by atoms with Crippen molar-refractivity contribution in [1.29, 1.82) is 0 Å². The SMILES string of the molecule is CCN(CC1CC1)C(=O)c1ccccc1N. The molecule has 1 aliphatic carbocycles. The average Bonchev–Trinajstić information content (AvgIpc) is 3.09. The Morgan fingerprint density at radius 2 is 2.12 bits per heavy atom. The van der Waals surface area contributed by atoms with Crippen LogP contribution in [-0.2, 0) is 0 Å². The number of anilines is 1. The first-order chi connectivity index (χ1) is 7.72. The number of rotatable bonds is 4. The quantitative estimate of drug-likeness (QED) is 0.787. The first-order valence-corrected chi connectivity index (χ1v) is 5.86. The average molecular weight is 218 g/mol. The highest BCUT2D eigenvalue weighted by Crippen LogP contribution is 2.30. The maximum Gasteiger partial charge on any atom is 0.255 e. The molecule has 1 fully saturated rings. The highest BCUT2D eigenvalue weighted by molar-refractivity contribution is 5.99. The second kappa shape index (κ2) is 4.56. The number of hydrogen-bond acceptors (Lipinski definition) is 2. The van der Waals surface area contributed by atoms with Crippen molar-refractivity contribution in [2.45, 2.75) is 19.8 Å². The molecule has 0 radical (unpaired) electrons. The lowest BCUT2D eigenvalue weighted by Crippen LogP contribution is -2.33. The van der Waals surface area contributed by atoms with Gasteiger partial charge in [0, 0.05) is 18.8 Å². The summed E-state index contributed by atoms with van der Waals surface area (Å²) in [6.07, 6.45) is 2.52. The van der Waals surface area contributed by atoms with E-state index >= 15 is 0 Å². The van der Waals surface area contributed by atoms with E-state index < -0.39 is 0 Å². The van der Waals surface area contributed by atoms with Crippen molar-refractivity contribution in [3.8, 4) is 0 Å². The maximum absolute atomic E-state index is 12.2. The second-order valence-corrected chi connectivity index (χ2v) is 4.37. The largest absolute Gasteiger partial charge is 0.398 e. The van der Waals surface area contributed by atoms with Crippen LogP contribution in [-0.4, -0.2) is 23.9 Å². The third-order valence-corrected chi connectivity index (χ3v) is 3.04. The standard InChI is InChI=1S/C13H18N2O/c1-2-15(9-10-7-8-10)13(16)11-5-3-4-6-12(11)14/h3-6,10H,2,7-9,14H2,1H3. The zero-order chi connectivity index (χ0) is 11.5. The van der Waals surface area contributed by atoms with E-state index in [0.717, 1.165) is 13.1 Å². The molecule has 1 aromatic rings. The number of amides is 1. The topological polar surface area (TPSA) is 46.3 Å². The number of hydrogen-bond donors (Lipinski definition) is 1. The van der Waals surface area contributed by atoms with Gasteiger partial charge in [0.2, 0.25) is 0 Å². The molecule has 0 bridgehead atoms. The van der Waals surface area contributed by atoms with Gasteiger partial charge in [-0.3, -0.25) is 4.79 Å². The summed E-state index contributed by atoms with van der Waals surface area (Å²) in [7, 11) is 0. The molecule has 3 heteroatoms. The Morgan fingerprint density at radius 3 is 2.69 bits per heavy atom. The Bertz CT molecular complexity index is 385. The Labute approximate surface area is 96.2 Å². The number of nitrogens with zero attached hydrogens (tertiary/aromatic N) is 1. The van der Waals surface area contributed by atoms with E-state index in [1.807, 2.05) is 24.0 Å². The van der Waals surface area contributed by atoms with Gasteiger partial charge >= 0.3 is 0 Å². The molecule has 3 nitrogen and oxygen atoms in total. The monoisotopic (exact) mass is 218 g/mol. The smallest absolute Gasteiger partial charge is 0.255 e. The van der Waals surface area contributed by atoms with Gasteiger partial charge in [-0.05, 0) is 37.8 Å². The normalized spacial score (nSPS) is 14.8. The Balaban J connectivity index is 2.12. The summed E-state index contributed by atoms with van der Waals surface area (Å²) in [5.74, 6) is 0.779. The van der Waals surface area contributed by atoms with Gasteiger partial charge in [0.05, 0.1) is 5.56 Å². The predicted octanol–water partition coefficient (Wildman–Crippen LogP) is 2.14. The molecule has 0 heterocycles. The van der Waals surface area contributed by atoms with E-state index in [-0.39, 0.29) is 5.91 Å². The van der Waals surface area contributed by atoms with E-state index in [4.69, 9.17) is 5.73 Å². The summed E-state index contributed by atoms with van der Waals surface area (Å²) >= 11 is 0. The first kappa shape index (κ1) is 11.0. The molecule has 1 aromatic carbocycles. The van der Waals surface area contributed by atoms with Gasteiger partial charge in [-0.2, -0.15) is 0 Å². The number of carbonyl (C=O) groups excluding carboxylic acids is 1. The lowest BCUT2D eigenvalue weighted by atomic mass is 10.1. The van der Waals surface area contributed by atoms with Gasteiger partial charge in [-0.25, -0.2) is 0 Å². The molecule has 1 aliphatic rings. The number of carbonyl (C=O) groups is 1. The molecule has 0 spiro atoms. The summed E-state index contributed by atoms with van der Waals surface area (Å²) in [4.78, 5) is 14.1. The van der Waals surface area contributed by atoms with E-state index in [0.29, 0.717) is 17.2 Å². The fraction of sp³-hybridized carbons (Fsp3) is 0.462. The third-order valence-electron chi connectivity index (χ3n) is 3.04. The van der Waals surface area contributed by atoms with Crippen LogP contribution in [0.15, 0.2) is 24.3 Å². The van der Waals surface area contributed by atoms with Crippen molar-refractivity contribution in [1.82, 2.24) is 4.90 Å². The fourth-order valence-electron chi connectivity index (χ4n) is 1.83. The van der Waals surface area contributed by atoms with Crippen molar-refractivity contribution in [3.05, 3.63) is 29.8 Å². The van der Waals surface area contributed by atoms with Crippen LogP contribution in [0.25, 0.3) is 0 Å². The van der Waals surface area contributed by atoms with Crippen LogP contribution >= 0.6 is 0 Å². The van der Waals surface area contributed by atoms with Crippen LogP contribution < -0.4 is 5.73 Å². The molecule has 1 amide bonds. The van der Waals surface area contributed by atoms with Gasteiger partial charge in [-0.1, -0.05) is 12.1 Å². The van der Waals surface area contributed by atoms with E-state index in [1.165, 1.54) is 12.8 Å². The van der Waals surface area contributed by atoms with Crippen molar-refractivity contribution < 1.29 is 4.79 Å². The summed E-state index contributed by atoms with van der Waals surface area (Å²) in [6, 6.07) is 7.28. The fourth-order valence-corrected chi connectivity index (χ4v) is 1.83. The summed E-state index contributed by atoms with van der Waals surface area (Å²) < 4.78 is 0. The van der Waals surface area contributed by atoms with E-state index in [9.17, 15) is 4.79 Å². The summed E-state index contributed by atoms with van der Waals surface area (Å²) in [6.45, 7) is 3.65. The molecule has 0 unspecified atom stereocenters. The molecule has 0 saturated heterocycles. The molecular weight excluding hydrogens is 200 g/mol. The molecule has 0 aliphatic heterocycles. The maximum atomic E-state index is 12.2. The Kier molecular flexibility index (Phi) is 3.13. The van der Waals surface area contributed by atoms with Gasteiger partial charge < -0.3 is 10.6 Å². The van der Waals surface area contributed by atoms with Crippen LogP contribution in [0.5, 0.6) is 0 Å². The number of para-hydroxylation sites is 1. The lowest BCUT2D eigenvalue weighted by molar-refractivity contribution is 0.0758. The number of nitrogens with two attached hydrogens (primary N) is 1. The highest BCUT2D eigenvalue weighted by atomic mass is 16.2. The van der Waals surface area contributed by atoms with Crippen LogP contribution in [0.2, 0.25) is 0 Å². The molecule has 0 atom stereocenters. The van der Waals surface area contributed by atoms with Gasteiger partial charge in [0.1, 0.15) is 0 Å². The number of nitrogen functional groups attached to an aromatic ring is 1. The Morgan fingerprint density at radius 1 is 1.44 bits per heavy atom. The Hall–Kier alpha value is -1.51. The molecule has 1 saturated carbocycles. The van der Waals surface area contributed by atoms with Crippen molar-refractivity contribution in [3.63, 3.8) is 0 Å². The van der Waals surface area contributed by atoms with Gasteiger partial charge in [0.25, 0.3) is 5.91 Å². The molecule has 86 valence electrons. The minimum absolute atomic E-state index is 0.0625. The van der Waals surface area contributed by atoms with Crippen molar-refractivity contribution in [2.24, 2.45) is 5.92 Å².